The third-order valence-electron chi connectivity index (χ3n) is 4.29. The number of hydrogen-bond donors (Lipinski definition) is 1. The summed E-state index contributed by atoms with van der Waals surface area (Å²) in [5.41, 5.74) is 5.05. The minimum absolute atomic E-state index is 0.976. The number of nitrogens with one attached hydrogen (secondary N) is 1. The van der Waals surface area contributed by atoms with E-state index in [-0.39, 0.29) is 0 Å². The highest BCUT2D eigenvalue weighted by atomic mass is 32.1. The predicted octanol–water partition coefficient (Wildman–Crippen LogP) is 4.47. The van der Waals surface area contributed by atoms with E-state index in [4.69, 9.17) is 0 Å². The molecule has 4 heterocycles. The minimum atomic E-state index is 0.976. The average Bonchev–Trinajstić information content (AvgIpc) is 3.25. The molecule has 3 aromatic heterocycles. The summed E-state index contributed by atoms with van der Waals surface area (Å²) in [7, 11) is 0. The van der Waals surface area contributed by atoms with Crippen LogP contribution in [0, 0.1) is 0 Å². The van der Waals surface area contributed by atoms with E-state index in [0.29, 0.717) is 0 Å². The van der Waals surface area contributed by atoms with Gasteiger partial charge in [0.05, 0.1) is 0 Å². The van der Waals surface area contributed by atoms with E-state index in [1.165, 1.54) is 22.1 Å². The summed E-state index contributed by atoms with van der Waals surface area (Å²) < 4.78 is 0. The summed E-state index contributed by atoms with van der Waals surface area (Å²) in [5, 5.41) is 5.53. The number of aromatic amines is 1. The van der Waals surface area contributed by atoms with Gasteiger partial charge in [-0.3, -0.25) is 4.90 Å². The second-order valence-corrected chi connectivity index (χ2v) is 6.65. The molecule has 3 aromatic rings. The highest BCUT2D eigenvalue weighted by Crippen LogP contribution is 2.20. The molecule has 0 saturated carbocycles. The van der Waals surface area contributed by atoms with E-state index in [2.05, 4.69) is 62.2 Å². The first-order valence-corrected chi connectivity index (χ1v) is 8.85. The SMILES string of the molecule is C1=C(/C=C/c2ccsc2)CCN(Cc2c[nH]c3ncccc23)C1. The summed E-state index contributed by atoms with van der Waals surface area (Å²) in [6, 6.07) is 6.30. The fourth-order valence-electron chi connectivity index (χ4n) is 2.98. The molecule has 0 saturated heterocycles. The van der Waals surface area contributed by atoms with Gasteiger partial charge in [0.15, 0.2) is 0 Å². The van der Waals surface area contributed by atoms with Gasteiger partial charge in [-0.2, -0.15) is 11.3 Å². The number of hydrogen-bond acceptors (Lipinski definition) is 3. The van der Waals surface area contributed by atoms with Crippen LogP contribution in [0.25, 0.3) is 17.1 Å². The molecule has 0 bridgehead atoms. The first-order chi connectivity index (χ1) is 11.4. The summed E-state index contributed by atoms with van der Waals surface area (Å²) in [6.07, 6.45) is 11.9. The Bertz CT molecular complexity index is 843. The van der Waals surface area contributed by atoms with E-state index in [1.54, 1.807) is 11.3 Å². The van der Waals surface area contributed by atoms with Crippen LogP contribution in [0.4, 0.5) is 0 Å². The van der Waals surface area contributed by atoms with Gasteiger partial charge < -0.3 is 4.98 Å². The molecule has 1 N–H and O–H groups in total. The maximum absolute atomic E-state index is 4.36. The summed E-state index contributed by atoms with van der Waals surface area (Å²) in [6.45, 7) is 3.09. The molecule has 0 radical (unpaired) electrons. The first kappa shape index (κ1) is 14.4. The smallest absolute Gasteiger partial charge is 0.137 e. The number of pyridine rings is 1. The molecule has 0 aliphatic carbocycles. The van der Waals surface area contributed by atoms with Crippen molar-refractivity contribution in [1.29, 1.82) is 0 Å². The van der Waals surface area contributed by atoms with Crippen molar-refractivity contribution in [2.75, 3.05) is 13.1 Å². The van der Waals surface area contributed by atoms with E-state index >= 15 is 0 Å². The van der Waals surface area contributed by atoms with Gasteiger partial charge in [-0.25, -0.2) is 4.98 Å². The van der Waals surface area contributed by atoms with Gasteiger partial charge in [0.1, 0.15) is 5.65 Å². The number of nitrogens with zero attached hydrogens (tertiary/aromatic N) is 2. The van der Waals surface area contributed by atoms with Gasteiger partial charge in [-0.1, -0.05) is 18.2 Å². The van der Waals surface area contributed by atoms with Gasteiger partial charge in [0.25, 0.3) is 0 Å². The average molecular weight is 321 g/mol. The molecular weight excluding hydrogens is 302 g/mol. The van der Waals surface area contributed by atoms with Crippen molar-refractivity contribution in [3.05, 3.63) is 70.2 Å². The molecule has 1 aliphatic heterocycles. The molecule has 23 heavy (non-hydrogen) atoms. The zero-order chi connectivity index (χ0) is 15.5. The van der Waals surface area contributed by atoms with Crippen LogP contribution in [-0.4, -0.2) is 28.0 Å². The van der Waals surface area contributed by atoms with E-state index < -0.39 is 0 Å². The molecule has 1 aliphatic rings. The lowest BCUT2D eigenvalue weighted by atomic mass is 10.1. The van der Waals surface area contributed by atoms with Gasteiger partial charge in [0.2, 0.25) is 0 Å². The number of allylic oxidation sites excluding steroid dienone is 1. The number of H-pyrrole nitrogens is 1. The number of aromatic nitrogens is 2. The molecule has 0 amide bonds. The molecule has 0 spiro atoms. The zero-order valence-corrected chi connectivity index (χ0v) is 13.7. The summed E-state index contributed by atoms with van der Waals surface area (Å²) in [5.74, 6) is 0. The fraction of sp³-hybridized carbons (Fsp3) is 0.211. The number of rotatable bonds is 4. The van der Waals surface area contributed by atoms with Crippen molar-refractivity contribution < 1.29 is 0 Å². The Morgan fingerprint density at radius 3 is 3.13 bits per heavy atom. The number of fused-ring (bicyclic) bond motifs is 1. The number of thiophene rings is 1. The monoisotopic (exact) mass is 321 g/mol. The molecule has 0 aromatic carbocycles. The largest absolute Gasteiger partial charge is 0.346 e. The van der Waals surface area contributed by atoms with Crippen molar-refractivity contribution in [3.63, 3.8) is 0 Å². The summed E-state index contributed by atoms with van der Waals surface area (Å²) in [4.78, 5) is 10.1. The molecule has 116 valence electrons. The molecule has 0 unspecified atom stereocenters. The Kier molecular flexibility index (Phi) is 4.09. The van der Waals surface area contributed by atoms with Gasteiger partial charge in [-0.15, -0.1) is 0 Å². The highest BCUT2D eigenvalue weighted by Gasteiger charge is 2.13. The van der Waals surface area contributed by atoms with Crippen LogP contribution in [0.2, 0.25) is 0 Å². The standard InChI is InChI=1S/C19H19N3S/c1-2-18-17(12-21-19(18)20-8-1)13-22-9-5-15(6-10-22)3-4-16-7-11-23-14-16/h1-5,7-8,11-12,14H,6,9-10,13H2,(H,20,21)/b4-3+. The topological polar surface area (TPSA) is 31.9 Å². The molecule has 3 nitrogen and oxygen atoms in total. The van der Waals surface area contributed by atoms with Crippen LogP contribution >= 0.6 is 11.3 Å². The Labute approximate surface area is 140 Å². The molecule has 0 fully saturated rings. The van der Waals surface area contributed by atoms with Gasteiger partial charge in [0, 0.05) is 37.4 Å². The van der Waals surface area contributed by atoms with Gasteiger partial charge >= 0.3 is 0 Å². The lowest BCUT2D eigenvalue weighted by Gasteiger charge is -2.25. The van der Waals surface area contributed by atoms with E-state index in [0.717, 1.165) is 31.7 Å². The minimum Gasteiger partial charge on any atom is -0.346 e. The van der Waals surface area contributed by atoms with Crippen molar-refractivity contribution in [2.24, 2.45) is 0 Å². The van der Waals surface area contributed by atoms with Crippen LogP contribution in [0.15, 0.2) is 59.1 Å². The Morgan fingerprint density at radius 2 is 2.30 bits per heavy atom. The third kappa shape index (κ3) is 3.28. The molecular formula is C19H19N3S. The maximum Gasteiger partial charge on any atom is 0.137 e. The quantitative estimate of drug-likeness (QED) is 0.769. The van der Waals surface area contributed by atoms with E-state index in [9.17, 15) is 0 Å². The molecule has 4 heteroatoms. The van der Waals surface area contributed by atoms with Crippen LogP contribution in [-0.2, 0) is 6.54 Å². The lowest BCUT2D eigenvalue weighted by molar-refractivity contribution is 0.288. The Balaban J connectivity index is 1.41. The van der Waals surface area contributed by atoms with Crippen molar-refractivity contribution in [1.82, 2.24) is 14.9 Å². The van der Waals surface area contributed by atoms with E-state index in [1.807, 2.05) is 12.3 Å². The third-order valence-corrected chi connectivity index (χ3v) is 4.99. The second kappa shape index (κ2) is 6.52. The second-order valence-electron chi connectivity index (χ2n) is 5.87. The first-order valence-electron chi connectivity index (χ1n) is 7.91. The Morgan fingerprint density at radius 1 is 1.30 bits per heavy atom. The van der Waals surface area contributed by atoms with Crippen LogP contribution in [0.3, 0.4) is 0 Å². The highest BCUT2D eigenvalue weighted by molar-refractivity contribution is 7.08. The van der Waals surface area contributed by atoms with Crippen LogP contribution < -0.4 is 0 Å². The van der Waals surface area contributed by atoms with Crippen molar-refractivity contribution >= 4 is 28.4 Å². The fourth-order valence-corrected chi connectivity index (χ4v) is 3.61. The van der Waals surface area contributed by atoms with Crippen molar-refractivity contribution in [3.8, 4) is 0 Å². The normalized spacial score (nSPS) is 16.3. The van der Waals surface area contributed by atoms with Crippen LogP contribution in [0.5, 0.6) is 0 Å². The van der Waals surface area contributed by atoms with Crippen LogP contribution in [0.1, 0.15) is 17.5 Å². The summed E-state index contributed by atoms with van der Waals surface area (Å²) >= 11 is 1.74. The molecule has 0 atom stereocenters. The zero-order valence-electron chi connectivity index (χ0n) is 12.9. The Hall–Kier alpha value is -2.17. The molecule has 4 rings (SSSR count). The van der Waals surface area contributed by atoms with Gasteiger partial charge in [-0.05, 0) is 52.1 Å². The maximum atomic E-state index is 4.36. The lowest BCUT2D eigenvalue weighted by Crippen LogP contribution is -2.27. The van der Waals surface area contributed by atoms with Crippen molar-refractivity contribution in [2.45, 2.75) is 13.0 Å². The predicted molar refractivity (Wildman–Crippen MR) is 97.4 cm³/mol.